The van der Waals surface area contributed by atoms with Gasteiger partial charge in [-0.1, -0.05) is 44.7 Å². The molecule has 2 aromatic rings. The van der Waals surface area contributed by atoms with Crippen LogP contribution in [-0.2, 0) is 6.54 Å². The van der Waals surface area contributed by atoms with Gasteiger partial charge in [0.2, 0.25) is 0 Å². The van der Waals surface area contributed by atoms with Crippen LogP contribution in [-0.4, -0.2) is 11.5 Å². The number of para-hydroxylation sites is 1. The van der Waals surface area contributed by atoms with E-state index in [1.807, 2.05) is 11.3 Å². The summed E-state index contributed by atoms with van der Waals surface area (Å²) in [5, 5.41) is 4.78. The molecule has 2 nitrogen and oxygen atoms in total. The Morgan fingerprint density at radius 1 is 1.20 bits per heavy atom. The third kappa shape index (κ3) is 3.58. The van der Waals surface area contributed by atoms with Crippen molar-refractivity contribution in [2.45, 2.75) is 45.6 Å². The molecular formula is C17H24N2S. The summed E-state index contributed by atoms with van der Waals surface area (Å²) in [6.45, 7) is 4.44. The van der Waals surface area contributed by atoms with Crippen LogP contribution in [0.3, 0.4) is 0 Å². The van der Waals surface area contributed by atoms with Crippen molar-refractivity contribution in [3.63, 3.8) is 0 Å². The predicted octanol–water partition coefficient (Wildman–Crippen LogP) is 4.60. The largest absolute Gasteiger partial charge is 0.310 e. The van der Waals surface area contributed by atoms with Gasteiger partial charge < -0.3 is 5.32 Å². The Morgan fingerprint density at radius 2 is 2.00 bits per heavy atom. The second-order valence-corrected chi connectivity index (χ2v) is 7.28. The molecule has 1 aromatic carbocycles. The van der Waals surface area contributed by atoms with Gasteiger partial charge in [-0.05, 0) is 36.9 Å². The maximum absolute atomic E-state index is 4.66. The molecule has 0 radical (unpaired) electrons. The maximum atomic E-state index is 4.66. The van der Waals surface area contributed by atoms with Gasteiger partial charge in [0, 0.05) is 6.54 Å². The molecule has 0 bridgehead atoms. The van der Waals surface area contributed by atoms with Crippen molar-refractivity contribution in [3.05, 3.63) is 29.3 Å². The lowest BCUT2D eigenvalue weighted by molar-refractivity contribution is 0.275. The fourth-order valence-electron chi connectivity index (χ4n) is 3.11. The topological polar surface area (TPSA) is 24.9 Å². The highest BCUT2D eigenvalue weighted by Crippen LogP contribution is 2.30. The Balaban J connectivity index is 1.41. The summed E-state index contributed by atoms with van der Waals surface area (Å²) in [6.07, 6.45) is 7.07. The second-order valence-electron chi connectivity index (χ2n) is 6.17. The zero-order chi connectivity index (χ0) is 13.8. The van der Waals surface area contributed by atoms with Crippen molar-refractivity contribution in [3.8, 4) is 0 Å². The van der Waals surface area contributed by atoms with E-state index in [-0.39, 0.29) is 0 Å². The molecule has 0 saturated heterocycles. The average Bonchev–Trinajstić information content (AvgIpc) is 2.88. The Bertz CT molecular complexity index is 508. The van der Waals surface area contributed by atoms with E-state index in [0.29, 0.717) is 0 Å². The number of benzene rings is 1. The molecule has 0 unspecified atom stereocenters. The van der Waals surface area contributed by atoms with Gasteiger partial charge in [0.05, 0.1) is 10.2 Å². The van der Waals surface area contributed by atoms with E-state index in [9.17, 15) is 0 Å². The quantitative estimate of drug-likeness (QED) is 0.813. The molecule has 1 fully saturated rings. The first-order chi connectivity index (χ1) is 9.81. The van der Waals surface area contributed by atoms with Crippen LogP contribution in [0.4, 0.5) is 0 Å². The molecule has 20 heavy (non-hydrogen) atoms. The first-order valence-corrected chi connectivity index (χ1v) is 8.68. The van der Waals surface area contributed by atoms with Crippen molar-refractivity contribution >= 4 is 21.6 Å². The van der Waals surface area contributed by atoms with Crippen LogP contribution < -0.4 is 5.32 Å². The van der Waals surface area contributed by atoms with Gasteiger partial charge >= 0.3 is 0 Å². The Kier molecular flexibility index (Phi) is 4.69. The van der Waals surface area contributed by atoms with Gasteiger partial charge in [-0.15, -0.1) is 11.3 Å². The van der Waals surface area contributed by atoms with Gasteiger partial charge in [0.1, 0.15) is 5.01 Å². The van der Waals surface area contributed by atoms with Crippen molar-refractivity contribution in [1.29, 1.82) is 0 Å². The molecule has 1 N–H and O–H groups in total. The number of rotatable bonds is 5. The zero-order valence-electron chi connectivity index (χ0n) is 12.3. The van der Waals surface area contributed by atoms with Crippen molar-refractivity contribution in [1.82, 2.24) is 10.3 Å². The molecule has 0 aliphatic heterocycles. The minimum absolute atomic E-state index is 0.919. The Labute approximate surface area is 125 Å². The molecule has 0 amide bonds. The average molecular weight is 288 g/mol. The Hall–Kier alpha value is -0.930. The molecule has 108 valence electrons. The number of hydrogen-bond donors (Lipinski definition) is 1. The second kappa shape index (κ2) is 6.68. The van der Waals surface area contributed by atoms with E-state index < -0.39 is 0 Å². The summed E-state index contributed by atoms with van der Waals surface area (Å²) in [7, 11) is 0. The molecule has 1 saturated carbocycles. The van der Waals surface area contributed by atoms with Crippen LogP contribution in [0.25, 0.3) is 10.2 Å². The number of fused-ring (bicyclic) bond motifs is 1. The van der Waals surface area contributed by atoms with Crippen LogP contribution in [0.15, 0.2) is 24.3 Å². The van der Waals surface area contributed by atoms with Gasteiger partial charge in [-0.25, -0.2) is 4.98 Å². The van der Waals surface area contributed by atoms with Gasteiger partial charge in [-0.2, -0.15) is 0 Å². The number of nitrogens with zero attached hydrogens (tertiary/aromatic N) is 1. The number of hydrogen-bond acceptors (Lipinski definition) is 3. The normalized spacial score (nSPS) is 23.2. The molecular weight excluding hydrogens is 264 g/mol. The maximum Gasteiger partial charge on any atom is 0.108 e. The van der Waals surface area contributed by atoms with Crippen LogP contribution >= 0.6 is 11.3 Å². The zero-order valence-corrected chi connectivity index (χ0v) is 13.1. The number of aromatic nitrogens is 1. The predicted molar refractivity (Wildman–Crippen MR) is 87.1 cm³/mol. The van der Waals surface area contributed by atoms with Gasteiger partial charge in [0.25, 0.3) is 0 Å². The summed E-state index contributed by atoms with van der Waals surface area (Å²) in [5.41, 5.74) is 1.13. The van der Waals surface area contributed by atoms with Gasteiger partial charge in [-0.3, -0.25) is 0 Å². The lowest BCUT2D eigenvalue weighted by Crippen LogP contribution is -2.20. The highest BCUT2D eigenvalue weighted by Gasteiger charge is 2.17. The van der Waals surface area contributed by atoms with Crippen LogP contribution in [0.5, 0.6) is 0 Å². The van der Waals surface area contributed by atoms with E-state index in [2.05, 4.69) is 41.5 Å². The molecule has 0 atom stereocenters. The third-order valence-corrected chi connectivity index (χ3v) is 5.52. The smallest absolute Gasteiger partial charge is 0.108 e. The number of thiazole rings is 1. The third-order valence-electron chi connectivity index (χ3n) is 4.48. The molecule has 0 spiro atoms. The van der Waals surface area contributed by atoms with Crippen molar-refractivity contribution in [2.24, 2.45) is 11.8 Å². The lowest BCUT2D eigenvalue weighted by atomic mass is 9.81. The summed E-state index contributed by atoms with van der Waals surface area (Å²) >= 11 is 1.81. The van der Waals surface area contributed by atoms with Crippen molar-refractivity contribution in [2.75, 3.05) is 6.54 Å². The van der Waals surface area contributed by atoms with E-state index in [1.54, 1.807) is 0 Å². The van der Waals surface area contributed by atoms with Crippen LogP contribution in [0, 0.1) is 11.8 Å². The highest BCUT2D eigenvalue weighted by molar-refractivity contribution is 7.18. The summed E-state index contributed by atoms with van der Waals surface area (Å²) < 4.78 is 1.30. The summed E-state index contributed by atoms with van der Waals surface area (Å²) in [5.74, 6) is 1.91. The van der Waals surface area contributed by atoms with E-state index in [0.717, 1.165) is 30.4 Å². The molecule has 1 aliphatic carbocycles. The van der Waals surface area contributed by atoms with E-state index in [4.69, 9.17) is 0 Å². The van der Waals surface area contributed by atoms with Gasteiger partial charge in [0.15, 0.2) is 0 Å². The van der Waals surface area contributed by atoms with E-state index in [1.165, 1.54) is 41.8 Å². The van der Waals surface area contributed by atoms with Crippen LogP contribution in [0.2, 0.25) is 0 Å². The standard InChI is InChI=1S/C17H24N2S/c1-13-6-8-14(9-7-13)10-11-18-12-17-19-15-4-2-3-5-16(15)20-17/h2-5,13-14,18H,6-12H2,1H3. The Morgan fingerprint density at radius 3 is 2.80 bits per heavy atom. The van der Waals surface area contributed by atoms with Crippen LogP contribution in [0.1, 0.15) is 44.0 Å². The molecule has 3 heteroatoms. The first kappa shape index (κ1) is 14.0. The molecule has 1 heterocycles. The summed E-state index contributed by atoms with van der Waals surface area (Å²) in [4.78, 5) is 4.66. The molecule has 3 rings (SSSR count). The highest BCUT2D eigenvalue weighted by atomic mass is 32.1. The minimum atomic E-state index is 0.919. The molecule has 1 aliphatic rings. The fourth-order valence-corrected chi connectivity index (χ4v) is 4.05. The summed E-state index contributed by atoms with van der Waals surface area (Å²) in [6, 6.07) is 8.39. The minimum Gasteiger partial charge on any atom is -0.310 e. The first-order valence-electron chi connectivity index (χ1n) is 7.86. The fraction of sp³-hybridized carbons (Fsp3) is 0.588. The lowest BCUT2D eigenvalue weighted by Gasteiger charge is -2.26. The SMILES string of the molecule is CC1CCC(CCNCc2nc3ccccc3s2)CC1. The molecule has 1 aromatic heterocycles. The van der Waals surface area contributed by atoms with Crippen molar-refractivity contribution < 1.29 is 0 Å². The monoisotopic (exact) mass is 288 g/mol. The number of nitrogens with one attached hydrogen (secondary N) is 1. The van der Waals surface area contributed by atoms with E-state index >= 15 is 0 Å².